The summed E-state index contributed by atoms with van der Waals surface area (Å²) in [6.07, 6.45) is 1.04. The molecule has 0 radical (unpaired) electrons. The Bertz CT molecular complexity index is 228. The molecule has 13 heavy (non-hydrogen) atoms. The number of hydrogen-bond acceptors (Lipinski definition) is 1. The molecule has 0 aliphatic carbocycles. The number of rotatable bonds is 3. The molecule has 0 amide bonds. The fraction of sp³-hybridized carbons (Fsp3) is 0.300. The Balaban J connectivity index is 0. The van der Waals surface area contributed by atoms with E-state index in [9.17, 15) is 0 Å². The molecule has 0 fully saturated rings. The van der Waals surface area contributed by atoms with Crippen LogP contribution >= 0.6 is 0 Å². The topological polar surface area (TPSA) is 9.23 Å². The Hall–Kier alpha value is 0.136. The minimum atomic E-state index is 0. The van der Waals surface area contributed by atoms with Crippen LogP contribution in [0.25, 0.3) is 0 Å². The van der Waals surface area contributed by atoms with Gasteiger partial charge in [0.15, 0.2) is 0 Å². The van der Waals surface area contributed by atoms with Gasteiger partial charge >= 0.3 is 23.1 Å². The van der Waals surface area contributed by atoms with Crippen molar-refractivity contribution in [2.75, 3.05) is 6.61 Å². The molecule has 1 aromatic carbocycles. The molecule has 68 valence electrons. The second-order valence-corrected chi connectivity index (χ2v) is 2.50. The molecule has 0 bridgehead atoms. The molecule has 0 N–H and O–H groups in total. The second kappa shape index (κ2) is 8.72. The molecule has 0 aliphatic heterocycles. The average Bonchev–Trinajstić information content (AvgIpc) is 2.01. The van der Waals surface area contributed by atoms with E-state index in [1.165, 1.54) is 0 Å². The zero-order chi connectivity index (χ0) is 8.10. The fourth-order valence-corrected chi connectivity index (χ4v) is 0.855. The van der Waals surface area contributed by atoms with Gasteiger partial charge in [0.1, 0.15) is 0 Å². The summed E-state index contributed by atoms with van der Waals surface area (Å²) in [7, 11) is 0. The van der Waals surface area contributed by atoms with E-state index in [0.29, 0.717) is 0 Å². The summed E-state index contributed by atoms with van der Waals surface area (Å²) in [6.45, 7) is 6.68. The van der Waals surface area contributed by atoms with Gasteiger partial charge in [-0.05, 0) is 12.5 Å². The van der Waals surface area contributed by atoms with Crippen LogP contribution in [0.4, 0.5) is 0 Å². The van der Waals surface area contributed by atoms with Crippen molar-refractivity contribution >= 4 is 23.1 Å². The number of hydrogen-bond donors (Lipinski definition) is 0. The van der Waals surface area contributed by atoms with Crippen LogP contribution in [0.3, 0.4) is 0 Å². The van der Waals surface area contributed by atoms with Crippen molar-refractivity contribution in [1.29, 1.82) is 0 Å². The zero-order valence-corrected chi connectivity index (χ0v) is 10.9. The Labute approximate surface area is 107 Å². The van der Waals surface area contributed by atoms with Crippen molar-refractivity contribution in [3.8, 4) is 5.75 Å². The summed E-state index contributed by atoms with van der Waals surface area (Å²) >= 11 is 0. The van der Waals surface area contributed by atoms with E-state index in [-0.39, 0.29) is 40.0 Å². The van der Waals surface area contributed by atoms with Crippen LogP contribution in [0.2, 0.25) is 0 Å². The van der Waals surface area contributed by atoms with E-state index >= 15 is 0 Å². The molecule has 0 unspecified atom stereocenters. The number of ether oxygens (including phenoxy) is 1. The Kier molecular flexibility index (Phi) is 10.5. The molecule has 1 aromatic rings. The zero-order valence-electron chi connectivity index (χ0n) is 7.92. The molecule has 0 saturated carbocycles. The van der Waals surface area contributed by atoms with Gasteiger partial charge in [-0.25, -0.2) is 0 Å². The molecule has 1 nitrogen and oxygen atoms in total. The van der Waals surface area contributed by atoms with Gasteiger partial charge in [-0.1, -0.05) is 6.92 Å². The van der Waals surface area contributed by atoms with Crippen LogP contribution in [0, 0.1) is 6.92 Å². The van der Waals surface area contributed by atoms with Crippen molar-refractivity contribution in [1.82, 2.24) is 0 Å². The third kappa shape index (κ3) is 6.24. The predicted molar refractivity (Wildman–Crippen MR) is 52.4 cm³/mol. The largest absolute Gasteiger partial charge is 2.00 e. The van der Waals surface area contributed by atoms with Crippen molar-refractivity contribution < 1.29 is 21.7 Å². The third-order valence-corrected chi connectivity index (χ3v) is 1.37. The van der Waals surface area contributed by atoms with Crippen LogP contribution in [0.1, 0.15) is 18.9 Å². The van der Waals surface area contributed by atoms with Crippen LogP contribution in [-0.2, 0) is 0 Å². The molecule has 0 aromatic heterocycles. The Morgan fingerprint density at radius 2 is 2.08 bits per heavy atom. The molecule has 0 aliphatic rings. The van der Waals surface area contributed by atoms with Crippen LogP contribution in [0.5, 0.6) is 5.75 Å². The molecule has 0 heterocycles. The summed E-state index contributed by atoms with van der Waals surface area (Å²) in [6, 6.07) is 7.80. The summed E-state index contributed by atoms with van der Waals surface area (Å²) < 4.78 is 5.40. The molecular formula is C10H13BrMgO. The minimum absolute atomic E-state index is 0. The maximum atomic E-state index is 5.40. The summed E-state index contributed by atoms with van der Waals surface area (Å²) in [5.74, 6) is 0.916. The van der Waals surface area contributed by atoms with E-state index in [0.717, 1.165) is 24.3 Å². The first-order chi connectivity index (χ1) is 5.33. The summed E-state index contributed by atoms with van der Waals surface area (Å²) in [5, 5.41) is 0. The van der Waals surface area contributed by atoms with Gasteiger partial charge in [0.05, 0.1) is 12.4 Å². The first-order valence-electron chi connectivity index (χ1n) is 3.87. The van der Waals surface area contributed by atoms with Crippen LogP contribution < -0.4 is 21.7 Å². The fourth-order valence-electron chi connectivity index (χ4n) is 0.855. The standard InChI is InChI=1S/C10H13O.BrH.Mg/c1-3-7-11-10-6-4-5-9(2)8-10;;/h4-6,8H,2-3,7H2,1H3;1H;/q-1;;+2/p-1. The monoisotopic (exact) mass is 252 g/mol. The smallest absolute Gasteiger partial charge is 1.00 e. The van der Waals surface area contributed by atoms with Gasteiger partial charge < -0.3 is 21.7 Å². The van der Waals surface area contributed by atoms with Crippen LogP contribution in [-0.4, -0.2) is 29.7 Å². The predicted octanol–water partition coefficient (Wildman–Crippen LogP) is -0.719. The van der Waals surface area contributed by atoms with Gasteiger partial charge in [0.25, 0.3) is 0 Å². The van der Waals surface area contributed by atoms with Gasteiger partial charge in [-0.3, -0.25) is 0 Å². The summed E-state index contributed by atoms with van der Waals surface area (Å²) in [4.78, 5) is 0. The van der Waals surface area contributed by atoms with Crippen molar-refractivity contribution in [3.05, 3.63) is 36.8 Å². The molecule has 0 saturated heterocycles. The molecule has 0 atom stereocenters. The average molecular weight is 253 g/mol. The van der Waals surface area contributed by atoms with Gasteiger partial charge in [-0.2, -0.15) is 18.6 Å². The van der Waals surface area contributed by atoms with Crippen molar-refractivity contribution in [2.45, 2.75) is 13.3 Å². The maximum Gasteiger partial charge on any atom is 2.00 e. The maximum absolute atomic E-state index is 5.40. The molecule has 1 rings (SSSR count). The quantitative estimate of drug-likeness (QED) is 0.510. The number of halogens is 1. The van der Waals surface area contributed by atoms with E-state index < -0.39 is 0 Å². The third-order valence-electron chi connectivity index (χ3n) is 1.37. The first kappa shape index (κ1) is 15.6. The Morgan fingerprint density at radius 3 is 2.62 bits per heavy atom. The summed E-state index contributed by atoms with van der Waals surface area (Å²) in [5.41, 5.74) is 0.999. The van der Waals surface area contributed by atoms with Gasteiger partial charge in [0, 0.05) is 0 Å². The first-order valence-corrected chi connectivity index (χ1v) is 3.87. The SMILES string of the molecule is [Br-].[CH2-]c1cccc(OCCC)c1.[Mg+2]. The van der Waals surface area contributed by atoms with Crippen LogP contribution in [0.15, 0.2) is 24.3 Å². The van der Waals surface area contributed by atoms with Gasteiger partial charge in [-0.15, -0.1) is 12.1 Å². The molecular weight excluding hydrogens is 240 g/mol. The van der Waals surface area contributed by atoms with E-state index in [4.69, 9.17) is 4.74 Å². The molecule has 3 heteroatoms. The number of benzene rings is 1. The van der Waals surface area contributed by atoms with E-state index in [1.807, 2.05) is 24.3 Å². The minimum Gasteiger partial charge on any atom is -1.00 e. The van der Waals surface area contributed by atoms with Crippen molar-refractivity contribution in [3.63, 3.8) is 0 Å². The Morgan fingerprint density at radius 1 is 1.38 bits per heavy atom. The van der Waals surface area contributed by atoms with Gasteiger partial charge in [0.2, 0.25) is 0 Å². The van der Waals surface area contributed by atoms with E-state index in [2.05, 4.69) is 13.8 Å². The normalized spacial score (nSPS) is 8.08. The van der Waals surface area contributed by atoms with E-state index in [1.54, 1.807) is 0 Å². The second-order valence-electron chi connectivity index (χ2n) is 2.50. The molecule has 0 spiro atoms. The van der Waals surface area contributed by atoms with Crippen molar-refractivity contribution in [2.24, 2.45) is 0 Å².